The van der Waals surface area contributed by atoms with E-state index >= 15 is 0 Å². The minimum absolute atomic E-state index is 0.122. The van der Waals surface area contributed by atoms with Crippen LogP contribution in [0.4, 0.5) is 0 Å². The predicted molar refractivity (Wildman–Crippen MR) is 65.3 cm³/mol. The number of hydrogen-bond donors (Lipinski definition) is 3. The molecule has 0 bridgehead atoms. The lowest BCUT2D eigenvalue weighted by Gasteiger charge is -2.17. The van der Waals surface area contributed by atoms with Gasteiger partial charge in [-0.05, 0) is 32.1 Å². The van der Waals surface area contributed by atoms with Crippen molar-refractivity contribution < 1.29 is 15.0 Å². The van der Waals surface area contributed by atoms with Gasteiger partial charge >= 0.3 is 0 Å². The van der Waals surface area contributed by atoms with Crippen LogP contribution in [0.1, 0.15) is 16.8 Å². The molecule has 1 rings (SSSR count). The zero-order valence-corrected chi connectivity index (χ0v) is 10.1. The van der Waals surface area contributed by atoms with Gasteiger partial charge in [0, 0.05) is 13.6 Å². The number of carbonyl (C=O) groups excluding carboxylic acids is 1. The maximum Gasteiger partial charge on any atom is 0.257 e. The lowest BCUT2D eigenvalue weighted by atomic mass is 10.1. The molecule has 0 atom stereocenters. The Bertz CT molecular complexity index is 393. The first-order valence-corrected chi connectivity index (χ1v) is 5.49. The summed E-state index contributed by atoms with van der Waals surface area (Å²) in [7, 11) is 3.52. The number of hydrogen-bond acceptors (Lipinski definition) is 4. The van der Waals surface area contributed by atoms with Crippen molar-refractivity contribution in [3.8, 4) is 11.5 Å². The molecule has 0 fully saturated rings. The fourth-order valence-electron chi connectivity index (χ4n) is 1.50. The standard InChI is InChI=1S/C12H18N2O3/c1-13-7-4-8-14(2)12(17)9-5-3-6-10(15)11(9)16/h3,5-6,13,15-16H,4,7-8H2,1-2H3. The molecule has 17 heavy (non-hydrogen) atoms. The van der Waals surface area contributed by atoms with Crippen LogP contribution in [-0.2, 0) is 0 Å². The molecule has 3 N–H and O–H groups in total. The van der Waals surface area contributed by atoms with E-state index in [4.69, 9.17) is 0 Å². The van der Waals surface area contributed by atoms with Crippen LogP contribution in [-0.4, -0.2) is 48.2 Å². The highest BCUT2D eigenvalue weighted by atomic mass is 16.3. The van der Waals surface area contributed by atoms with Gasteiger partial charge < -0.3 is 20.4 Å². The molecule has 0 saturated carbocycles. The van der Waals surface area contributed by atoms with E-state index in [9.17, 15) is 15.0 Å². The maximum absolute atomic E-state index is 11.9. The fraction of sp³-hybridized carbons (Fsp3) is 0.417. The van der Waals surface area contributed by atoms with Crippen molar-refractivity contribution in [3.05, 3.63) is 23.8 Å². The summed E-state index contributed by atoms with van der Waals surface area (Å²) in [6.07, 6.45) is 0.832. The third kappa shape index (κ3) is 3.35. The molecule has 0 saturated heterocycles. The van der Waals surface area contributed by atoms with Crippen LogP contribution in [0.2, 0.25) is 0 Å². The SMILES string of the molecule is CNCCCN(C)C(=O)c1cccc(O)c1O. The van der Waals surface area contributed by atoms with Crippen molar-refractivity contribution in [1.82, 2.24) is 10.2 Å². The zero-order chi connectivity index (χ0) is 12.8. The summed E-state index contributed by atoms with van der Waals surface area (Å²) in [5.41, 5.74) is 0.122. The number of phenolic OH excluding ortho intramolecular Hbond substituents is 2. The second kappa shape index (κ2) is 6.10. The molecule has 1 amide bonds. The van der Waals surface area contributed by atoms with Crippen LogP contribution in [0.15, 0.2) is 18.2 Å². The second-order valence-corrected chi connectivity index (χ2v) is 3.86. The van der Waals surface area contributed by atoms with Gasteiger partial charge in [-0.25, -0.2) is 0 Å². The molecule has 0 aliphatic heterocycles. The lowest BCUT2D eigenvalue weighted by molar-refractivity contribution is 0.0790. The highest BCUT2D eigenvalue weighted by molar-refractivity contribution is 5.97. The minimum Gasteiger partial charge on any atom is -0.504 e. The minimum atomic E-state index is -0.363. The van der Waals surface area contributed by atoms with E-state index in [1.165, 1.54) is 23.1 Å². The number of rotatable bonds is 5. The highest BCUT2D eigenvalue weighted by Gasteiger charge is 2.17. The smallest absolute Gasteiger partial charge is 0.257 e. The predicted octanol–water partition coefficient (Wildman–Crippen LogP) is 0.779. The van der Waals surface area contributed by atoms with Gasteiger partial charge in [-0.1, -0.05) is 6.07 Å². The molecule has 1 aromatic carbocycles. The first-order valence-electron chi connectivity index (χ1n) is 5.49. The number of amides is 1. The van der Waals surface area contributed by atoms with E-state index in [1.54, 1.807) is 7.05 Å². The van der Waals surface area contributed by atoms with Gasteiger partial charge in [0.25, 0.3) is 5.91 Å². The van der Waals surface area contributed by atoms with Crippen LogP contribution in [0, 0.1) is 0 Å². The van der Waals surface area contributed by atoms with Crippen LogP contribution < -0.4 is 5.32 Å². The third-order valence-corrected chi connectivity index (χ3v) is 2.51. The van der Waals surface area contributed by atoms with E-state index in [0.29, 0.717) is 6.54 Å². The van der Waals surface area contributed by atoms with E-state index in [0.717, 1.165) is 13.0 Å². The van der Waals surface area contributed by atoms with Crippen molar-refractivity contribution in [3.63, 3.8) is 0 Å². The zero-order valence-electron chi connectivity index (χ0n) is 10.1. The van der Waals surface area contributed by atoms with E-state index in [1.807, 2.05) is 7.05 Å². The average Bonchev–Trinajstić information content (AvgIpc) is 2.32. The van der Waals surface area contributed by atoms with Gasteiger partial charge in [0.2, 0.25) is 0 Å². The summed E-state index contributed by atoms with van der Waals surface area (Å²) < 4.78 is 0. The molecule has 0 spiro atoms. The van der Waals surface area contributed by atoms with Crippen LogP contribution in [0.25, 0.3) is 0 Å². The number of phenols is 2. The average molecular weight is 238 g/mol. The van der Waals surface area contributed by atoms with Gasteiger partial charge in [0.15, 0.2) is 11.5 Å². The Morgan fingerprint density at radius 2 is 2.12 bits per heavy atom. The van der Waals surface area contributed by atoms with Gasteiger partial charge in [0.05, 0.1) is 5.56 Å². The van der Waals surface area contributed by atoms with E-state index < -0.39 is 0 Å². The molecule has 5 nitrogen and oxygen atoms in total. The molecule has 0 aromatic heterocycles. The largest absolute Gasteiger partial charge is 0.504 e. The first-order chi connectivity index (χ1) is 8.07. The third-order valence-electron chi connectivity index (χ3n) is 2.51. The van der Waals surface area contributed by atoms with Crippen molar-refractivity contribution in [2.24, 2.45) is 0 Å². The number of para-hydroxylation sites is 1. The molecular formula is C12H18N2O3. The molecule has 0 aliphatic rings. The lowest BCUT2D eigenvalue weighted by Crippen LogP contribution is -2.29. The normalized spacial score (nSPS) is 10.2. The van der Waals surface area contributed by atoms with Gasteiger partial charge in [-0.2, -0.15) is 0 Å². The summed E-state index contributed by atoms with van der Waals surface area (Å²) in [4.78, 5) is 13.5. The number of nitrogens with zero attached hydrogens (tertiary/aromatic N) is 1. The molecule has 0 radical (unpaired) electrons. The Morgan fingerprint density at radius 1 is 1.41 bits per heavy atom. The molecule has 5 heteroatoms. The van der Waals surface area contributed by atoms with Crippen molar-refractivity contribution in [1.29, 1.82) is 0 Å². The Kier molecular flexibility index (Phi) is 4.78. The highest BCUT2D eigenvalue weighted by Crippen LogP contribution is 2.28. The molecular weight excluding hydrogens is 220 g/mol. The number of aromatic hydroxyl groups is 2. The summed E-state index contributed by atoms with van der Waals surface area (Å²) in [6, 6.07) is 4.36. The maximum atomic E-state index is 11.9. The summed E-state index contributed by atoms with van der Waals surface area (Å²) in [6.45, 7) is 1.42. The first kappa shape index (κ1) is 13.3. The number of nitrogens with one attached hydrogen (secondary N) is 1. The van der Waals surface area contributed by atoms with Crippen molar-refractivity contribution >= 4 is 5.91 Å². The van der Waals surface area contributed by atoms with Crippen LogP contribution >= 0.6 is 0 Å². The number of benzene rings is 1. The molecule has 0 heterocycles. The Hall–Kier alpha value is -1.75. The number of carbonyl (C=O) groups is 1. The summed E-state index contributed by atoms with van der Waals surface area (Å²) in [5, 5.41) is 21.9. The van der Waals surface area contributed by atoms with E-state index in [-0.39, 0.29) is 23.0 Å². The van der Waals surface area contributed by atoms with Gasteiger partial charge in [-0.15, -0.1) is 0 Å². The fourth-order valence-corrected chi connectivity index (χ4v) is 1.50. The Labute approximate surface area is 101 Å². The molecule has 94 valence electrons. The van der Waals surface area contributed by atoms with Crippen molar-refractivity contribution in [2.75, 3.05) is 27.2 Å². The van der Waals surface area contributed by atoms with Gasteiger partial charge in [0.1, 0.15) is 0 Å². The summed E-state index contributed by atoms with van der Waals surface area (Å²) >= 11 is 0. The van der Waals surface area contributed by atoms with Crippen LogP contribution in [0.3, 0.4) is 0 Å². The van der Waals surface area contributed by atoms with Crippen molar-refractivity contribution in [2.45, 2.75) is 6.42 Å². The van der Waals surface area contributed by atoms with Crippen LogP contribution in [0.5, 0.6) is 11.5 Å². The second-order valence-electron chi connectivity index (χ2n) is 3.86. The Morgan fingerprint density at radius 3 is 2.76 bits per heavy atom. The monoisotopic (exact) mass is 238 g/mol. The molecule has 0 aliphatic carbocycles. The van der Waals surface area contributed by atoms with E-state index in [2.05, 4.69) is 5.32 Å². The van der Waals surface area contributed by atoms with Gasteiger partial charge in [-0.3, -0.25) is 4.79 Å². The molecule has 0 unspecified atom stereocenters. The molecule has 1 aromatic rings. The summed E-state index contributed by atoms with van der Waals surface area (Å²) in [5.74, 6) is -0.938. The Balaban J connectivity index is 2.71. The quantitative estimate of drug-likeness (QED) is 0.523. The topological polar surface area (TPSA) is 72.8 Å².